The second-order valence-electron chi connectivity index (χ2n) is 5.87. The summed E-state index contributed by atoms with van der Waals surface area (Å²) in [4.78, 5) is 14.9. The molecule has 0 saturated heterocycles. The molecule has 0 aliphatic heterocycles. The standard InChI is InChI=1S/C18H17F2N5O2/c1-24(10-12-6-7-16(27-2)15(20)8-12)17(26)11-25-22-18(21-23-25)13-4-3-5-14(19)9-13/h3-9H,10-11H2,1-2H3. The number of ether oxygens (including phenoxy) is 1. The van der Waals surface area contributed by atoms with Gasteiger partial charge >= 0.3 is 0 Å². The number of likely N-dealkylation sites (N-methyl/N-ethyl adjacent to an activating group) is 1. The molecule has 1 heterocycles. The van der Waals surface area contributed by atoms with Crippen LogP contribution in [0, 0.1) is 11.6 Å². The number of halogens is 2. The summed E-state index contributed by atoms with van der Waals surface area (Å²) < 4.78 is 31.9. The zero-order valence-electron chi connectivity index (χ0n) is 14.8. The lowest BCUT2D eigenvalue weighted by Crippen LogP contribution is -2.30. The first kappa shape index (κ1) is 18.4. The number of carbonyl (C=O) groups is 1. The Balaban J connectivity index is 1.64. The fourth-order valence-electron chi connectivity index (χ4n) is 2.47. The van der Waals surface area contributed by atoms with Crippen LogP contribution in [0.2, 0.25) is 0 Å². The summed E-state index contributed by atoms with van der Waals surface area (Å²) in [5, 5.41) is 11.7. The van der Waals surface area contributed by atoms with Gasteiger partial charge in [-0.1, -0.05) is 18.2 Å². The third kappa shape index (κ3) is 4.43. The highest BCUT2D eigenvalue weighted by molar-refractivity contribution is 5.75. The van der Waals surface area contributed by atoms with Gasteiger partial charge in [0.05, 0.1) is 7.11 Å². The Kier molecular flexibility index (Phi) is 5.39. The number of rotatable bonds is 6. The SMILES string of the molecule is COc1ccc(CN(C)C(=O)Cn2nnc(-c3cccc(F)c3)n2)cc1F. The Hall–Kier alpha value is -3.36. The molecule has 0 saturated carbocycles. The normalized spacial score (nSPS) is 10.7. The highest BCUT2D eigenvalue weighted by Gasteiger charge is 2.14. The molecule has 0 unspecified atom stereocenters. The number of hydrogen-bond donors (Lipinski definition) is 0. The van der Waals surface area contributed by atoms with E-state index in [1.165, 1.54) is 42.3 Å². The van der Waals surface area contributed by atoms with E-state index in [1.807, 2.05) is 0 Å². The van der Waals surface area contributed by atoms with E-state index in [-0.39, 0.29) is 30.6 Å². The van der Waals surface area contributed by atoms with Gasteiger partial charge in [-0.15, -0.1) is 10.2 Å². The zero-order chi connectivity index (χ0) is 19.4. The van der Waals surface area contributed by atoms with E-state index in [1.54, 1.807) is 19.2 Å². The lowest BCUT2D eigenvalue weighted by atomic mass is 10.2. The number of nitrogens with zero attached hydrogens (tertiary/aromatic N) is 5. The number of aromatic nitrogens is 4. The van der Waals surface area contributed by atoms with E-state index in [2.05, 4.69) is 15.4 Å². The molecule has 0 atom stereocenters. The summed E-state index contributed by atoms with van der Waals surface area (Å²) >= 11 is 0. The third-order valence-electron chi connectivity index (χ3n) is 3.87. The molecule has 1 aromatic heterocycles. The lowest BCUT2D eigenvalue weighted by molar-refractivity contribution is -0.131. The van der Waals surface area contributed by atoms with Crippen molar-refractivity contribution >= 4 is 5.91 Å². The smallest absolute Gasteiger partial charge is 0.246 e. The van der Waals surface area contributed by atoms with Crippen LogP contribution in [-0.4, -0.2) is 45.2 Å². The van der Waals surface area contributed by atoms with Crippen LogP contribution in [-0.2, 0) is 17.9 Å². The van der Waals surface area contributed by atoms with Crippen molar-refractivity contribution in [3.8, 4) is 17.1 Å². The number of carbonyl (C=O) groups excluding carboxylic acids is 1. The van der Waals surface area contributed by atoms with Crippen LogP contribution >= 0.6 is 0 Å². The van der Waals surface area contributed by atoms with Gasteiger partial charge in [0.2, 0.25) is 11.7 Å². The van der Waals surface area contributed by atoms with Gasteiger partial charge < -0.3 is 9.64 Å². The van der Waals surface area contributed by atoms with Gasteiger partial charge in [-0.3, -0.25) is 4.79 Å². The molecule has 3 rings (SSSR count). The third-order valence-corrected chi connectivity index (χ3v) is 3.87. The zero-order valence-corrected chi connectivity index (χ0v) is 14.8. The van der Waals surface area contributed by atoms with Crippen molar-refractivity contribution in [2.24, 2.45) is 0 Å². The van der Waals surface area contributed by atoms with E-state index in [0.29, 0.717) is 11.1 Å². The van der Waals surface area contributed by atoms with E-state index in [4.69, 9.17) is 4.74 Å². The Morgan fingerprint density at radius 2 is 2.04 bits per heavy atom. The Labute approximate surface area is 154 Å². The molecular formula is C18H17F2N5O2. The second-order valence-corrected chi connectivity index (χ2v) is 5.87. The Bertz CT molecular complexity index is 960. The first-order valence-electron chi connectivity index (χ1n) is 8.06. The fraction of sp³-hybridized carbons (Fsp3) is 0.222. The van der Waals surface area contributed by atoms with Crippen LogP contribution in [0.25, 0.3) is 11.4 Å². The highest BCUT2D eigenvalue weighted by Crippen LogP contribution is 2.18. The predicted octanol–water partition coefficient (Wildman–Crippen LogP) is 2.29. The molecule has 0 fully saturated rings. The van der Waals surface area contributed by atoms with Gasteiger partial charge in [0.15, 0.2) is 11.6 Å². The lowest BCUT2D eigenvalue weighted by Gasteiger charge is -2.17. The molecule has 27 heavy (non-hydrogen) atoms. The quantitative estimate of drug-likeness (QED) is 0.663. The van der Waals surface area contributed by atoms with Crippen LogP contribution < -0.4 is 4.74 Å². The monoisotopic (exact) mass is 373 g/mol. The summed E-state index contributed by atoms with van der Waals surface area (Å²) in [7, 11) is 2.98. The first-order chi connectivity index (χ1) is 13.0. The van der Waals surface area contributed by atoms with E-state index >= 15 is 0 Å². The molecule has 0 radical (unpaired) electrons. The average molecular weight is 373 g/mol. The van der Waals surface area contributed by atoms with Crippen molar-refractivity contribution < 1.29 is 18.3 Å². The summed E-state index contributed by atoms with van der Waals surface area (Å²) in [5.41, 5.74) is 1.09. The van der Waals surface area contributed by atoms with Crippen molar-refractivity contribution in [2.45, 2.75) is 13.1 Å². The largest absolute Gasteiger partial charge is 0.494 e. The van der Waals surface area contributed by atoms with Gasteiger partial charge in [0.25, 0.3) is 0 Å². The molecule has 7 nitrogen and oxygen atoms in total. The molecular weight excluding hydrogens is 356 g/mol. The maximum Gasteiger partial charge on any atom is 0.246 e. The van der Waals surface area contributed by atoms with E-state index < -0.39 is 11.6 Å². The van der Waals surface area contributed by atoms with Crippen molar-refractivity contribution in [3.63, 3.8) is 0 Å². The minimum Gasteiger partial charge on any atom is -0.494 e. The number of methoxy groups -OCH3 is 1. The molecule has 2 aromatic carbocycles. The van der Waals surface area contributed by atoms with Gasteiger partial charge in [-0.05, 0) is 35.0 Å². The van der Waals surface area contributed by atoms with Crippen molar-refractivity contribution in [3.05, 3.63) is 59.7 Å². The minimum atomic E-state index is -0.492. The van der Waals surface area contributed by atoms with Gasteiger partial charge in [-0.2, -0.15) is 4.80 Å². The summed E-state index contributed by atoms with van der Waals surface area (Å²) in [6.07, 6.45) is 0. The topological polar surface area (TPSA) is 73.1 Å². The number of tetrazole rings is 1. The fourth-order valence-corrected chi connectivity index (χ4v) is 2.47. The molecule has 0 bridgehead atoms. The number of benzene rings is 2. The van der Waals surface area contributed by atoms with Gasteiger partial charge in [0.1, 0.15) is 12.4 Å². The predicted molar refractivity (Wildman–Crippen MR) is 92.6 cm³/mol. The van der Waals surface area contributed by atoms with Gasteiger partial charge in [0, 0.05) is 19.2 Å². The molecule has 0 aliphatic rings. The summed E-state index contributed by atoms with van der Waals surface area (Å²) in [6, 6.07) is 10.3. The summed E-state index contributed by atoms with van der Waals surface area (Å²) in [5.74, 6) is -0.819. The maximum absolute atomic E-state index is 13.8. The average Bonchev–Trinajstić information content (AvgIpc) is 3.10. The van der Waals surface area contributed by atoms with Crippen LogP contribution in [0.1, 0.15) is 5.56 Å². The number of amides is 1. The second kappa shape index (κ2) is 7.90. The highest BCUT2D eigenvalue weighted by atomic mass is 19.1. The van der Waals surface area contributed by atoms with Crippen molar-refractivity contribution in [1.82, 2.24) is 25.1 Å². The molecule has 0 N–H and O–H groups in total. The van der Waals surface area contributed by atoms with Crippen LogP contribution in [0.4, 0.5) is 8.78 Å². The van der Waals surface area contributed by atoms with E-state index in [0.717, 1.165) is 4.80 Å². The molecule has 9 heteroatoms. The summed E-state index contributed by atoms with van der Waals surface area (Å²) in [6.45, 7) is 0.0721. The van der Waals surface area contributed by atoms with E-state index in [9.17, 15) is 13.6 Å². The molecule has 1 amide bonds. The van der Waals surface area contributed by atoms with Gasteiger partial charge in [-0.25, -0.2) is 8.78 Å². The van der Waals surface area contributed by atoms with Crippen LogP contribution in [0.3, 0.4) is 0 Å². The Morgan fingerprint density at radius 3 is 2.74 bits per heavy atom. The van der Waals surface area contributed by atoms with Crippen LogP contribution in [0.5, 0.6) is 5.75 Å². The first-order valence-corrected chi connectivity index (χ1v) is 8.06. The molecule has 140 valence electrons. The number of hydrogen-bond acceptors (Lipinski definition) is 5. The van der Waals surface area contributed by atoms with Crippen LogP contribution in [0.15, 0.2) is 42.5 Å². The Morgan fingerprint density at radius 1 is 1.22 bits per heavy atom. The van der Waals surface area contributed by atoms with Crippen molar-refractivity contribution in [1.29, 1.82) is 0 Å². The molecule has 0 spiro atoms. The maximum atomic E-state index is 13.8. The minimum absolute atomic E-state index is 0.141. The molecule has 3 aromatic rings. The van der Waals surface area contributed by atoms with Crippen molar-refractivity contribution in [2.75, 3.05) is 14.2 Å². The molecule has 0 aliphatic carbocycles.